The number of aliphatic imine (C=N–C) groups is 1. The Morgan fingerprint density at radius 3 is 2.67 bits per heavy atom. The highest BCUT2D eigenvalue weighted by Crippen LogP contribution is 2.25. The summed E-state index contributed by atoms with van der Waals surface area (Å²) in [5.74, 6) is 0.961. The number of halogens is 1. The van der Waals surface area contributed by atoms with Gasteiger partial charge in [0.05, 0.1) is 6.10 Å². The number of hydrogen-bond donors (Lipinski definition) is 1. The maximum Gasteiger partial charge on any atom is 0.193 e. The van der Waals surface area contributed by atoms with E-state index >= 15 is 0 Å². The van der Waals surface area contributed by atoms with Gasteiger partial charge in [0.1, 0.15) is 0 Å². The molecule has 0 unspecified atom stereocenters. The third kappa shape index (κ3) is 6.98. The van der Waals surface area contributed by atoms with E-state index in [9.17, 15) is 0 Å². The molecule has 0 saturated carbocycles. The van der Waals surface area contributed by atoms with Gasteiger partial charge in [-0.25, -0.2) is 0 Å². The lowest BCUT2D eigenvalue weighted by atomic mass is 9.84. The van der Waals surface area contributed by atoms with Crippen LogP contribution < -0.4 is 5.32 Å². The van der Waals surface area contributed by atoms with Crippen LogP contribution in [0.1, 0.15) is 38.7 Å². The first-order valence-corrected chi connectivity index (χ1v) is 10.2. The van der Waals surface area contributed by atoms with Crippen molar-refractivity contribution in [3.8, 4) is 0 Å². The first kappa shape index (κ1) is 22.0. The van der Waals surface area contributed by atoms with Crippen LogP contribution in [0.25, 0.3) is 0 Å². The largest absolute Gasteiger partial charge is 0.385 e. The first-order valence-electron chi connectivity index (χ1n) is 9.78. The summed E-state index contributed by atoms with van der Waals surface area (Å²) in [5, 5.41) is 4.32. The predicted octanol–water partition coefficient (Wildman–Crippen LogP) is 3.71. The fraction of sp³-hybridized carbons (Fsp3) is 0.667. The number of ether oxygens (including phenoxy) is 2. The van der Waals surface area contributed by atoms with E-state index in [1.807, 2.05) is 25.2 Å². The van der Waals surface area contributed by atoms with Crippen LogP contribution in [-0.2, 0) is 14.9 Å². The second-order valence-electron chi connectivity index (χ2n) is 7.70. The number of likely N-dealkylation sites (tertiary alicyclic amines) is 1. The predicted molar refractivity (Wildman–Crippen MR) is 113 cm³/mol. The molecule has 1 heterocycles. The third-order valence-corrected chi connectivity index (χ3v) is 5.33. The fourth-order valence-electron chi connectivity index (χ4n) is 3.33. The van der Waals surface area contributed by atoms with E-state index in [2.05, 4.69) is 35.1 Å². The highest BCUT2D eigenvalue weighted by molar-refractivity contribution is 6.30. The number of nitrogens with one attached hydrogen (secondary N) is 1. The van der Waals surface area contributed by atoms with Crippen molar-refractivity contribution in [3.63, 3.8) is 0 Å². The van der Waals surface area contributed by atoms with E-state index in [1.165, 1.54) is 5.56 Å². The van der Waals surface area contributed by atoms with Gasteiger partial charge < -0.3 is 19.7 Å². The summed E-state index contributed by atoms with van der Waals surface area (Å²) in [4.78, 5) is 6.81. The molecule has 6 heteroatoms. The van der Waals surface area contributed by atoms with Crippen LogP contribution in [0.2, 0.25) is 5.02 Å². The normalized spacial score (nSPS) is 16.6. The van der Waals surface area contributed by atoms with E-state index in [-0.39, 0.29) is 5.41 Å². The highest BCUT2D eigenvalue weighted by Gasteiger charge is 2.25. The molecule has 2 rings (SSSR count). The van der Waals surface area contributed by atoms with E-state index < -0.39 is 0 Å². The average Bonchev–Trinajstić information content (AvgIpc) is 2.67. The van der Waals surface area contributed by atoms with Crippen LogP contribution in [0.15, 0.2) is 29.3 Å². The lowest BCUT2D eigenvalue weighted by Gasteiger charge is -2.35. The molecule has 1 saturated heterocycles. The minimum absolute atomic E-state index is 0.0381. The van der Waals surface area contributed by atoms with Crippen LogP contribution in [0.3, 0.4) is 0 Å². The van der Waals surface area contributed by atoms with Gasteiger partial charge in [0, 0.05) is 57.4 Å². The van der Waals surface area contributed by atoms with Crippen molar-refractivity contribution in [1.29, 1.82) is 0 Å². The summed E-state index contributed by atoms with van der Waals surface area (Å²) in [6, 6.07) is 8.09. The molecular formula is C21H34ClN3O2. The summed E-state index contributed by atoms with van der Waals surface area (Å²) in [7, 11) is 3.58. The average molecular weight is 396 g/mol. The molecule has 0 amide bonds. The van der Waals surface area contributed by atoms with Gasteiger partial charge >= 0.3 is 0 Å². The second-order valence-corrected chi connectivity index (χ2v) is 8.13. The molecule has 1 aliphatic rings. The van der Waals surface area contributed by atoms with Crippen molar-refractivity contribution in [2.24, 2.45) is 4.99 Å². The van der Waals surface area contributed by atoms with Crippen LogP contribution in [0.5, 0.6) is 0 Å². The summed E-state index contributed by atoms with van der Waals surface area (Å²) >= 11 is 6.16. The van der Waals surface area contributed by atoms with Crippen LogP contribution >= 0.6 is 11.6 Å². The maximum absolute atomic E-state index is 6.16. The standard InChI is InChI=1S/C21H34ClN3O2/c1-21(2,17-7-5-8-18(22)15-17)16-24-20(23-3)25-11-9-19(10-12-25)27-14-6-13-26-4/h5,7-8,15,19H,6,9-14,16H2,1-4H3,(H,23,24). The molecule has 0 aliphatic carbocycles. The van der Waals surface area contributed by atoms with E-state index in [1.54, 1.807) is 7.11 Å². The number of hydrogen-bond acceptors (Lipinski definition) is 3. The molecule has 1 aliphatic heterocycles. The van der Waals surface area contributed by atoms with Gasteiger partial charge in [-0.15, -0.1) is 0 Å². The van der Waals surface area contributed by atoms with Crippen molar-refractivity contribution in [2.45, 2.75) is 44.6 Å². The minimum Gasteiger partial charge on any atom is -0.385 e. The third-order valence-electron chi connectivity index (χ3n) is 5.09. The Morgan fingerprint density at radius 1 is 1.30 bits per heavy atom. The van der Waals surface area contributed by atoms with Crippen molar-refractivity contribution in [2.75, 3.05) is 47.0 Å². The first-order chi connectivity index (χ1) is 13.0. The minimum atomic E-state index is -0.0381. The van der Waals surface area contributed by atoms with Crippen LogP contribution in [0.4, 0.5) is 0 Å². The second kappa shape index (κ2) is 10.9. The van der Waals surface area contributed by atoms with E-state index in [4.69, 9.17) is 21.1 Å². The highest BCUT2D eigenvalue weighted by atomic mass is 35.5. The maximum atomic E-state index is 6.16. The number of methoxy groups -OCH3 is 1. The monoisotopic (exact) mass is 395 g/mol. The van der Waals surface area contributed by atoms with Gasteiger partial charge in [-0.3, -0.25) is 4.99 Å². The molecule has 1 fully saturated rings. The molecule has 0 bridgehead atoms. The summed E-state index contributed by atoms with van der Waals surface area (Å²) < 4.78 is 11.0. The van der Waals surface area contributed by atoms with Crippen molar-refractivity contribution in [1.82, 2.24) is 10.2 Å². The molecule has 27 heavy (non-hydrogen) atoms. The number of piperidine rings is 1. The lowest BCUT2D eigenvalue weighted by molar-refractivity contribution is 0.00987. The van der Waals surface area contributed by atoms with Crippen LogP contribution in [0, 0.1) is 0 Å². The Bertz CT molecular complexity index is 599. The molecule has 1 aromatic carbocycles. The van der Waals surface area contributed by atoms with Crippen molar-refractivity contribution < 1.29 is 9.47 Å². The Labute approximate surface area is 169 Å². The van der Waals surface area contributed by atoms with Crippen molar-refractivity contribution >= 4 is 17.6 Å². The van der Waals surface area contributed by atoms with Crippen molar-refractivity contribution in [3.05, 3.63) is 34.9 Å². The molecule has 0 spiro atoms. The zero-order chi connectivity index (χ0) is 19.7. The molecule has 1 aromatic rings. The molecule has 0 radical (unpaired) electrons. The number of guanidine groups is 1. The van der Waals surface area contributed by atoms with E-state index in [0.29, 0.717) is 6.10 Å². The van der Waals surface area contributed by atoms with Gasteiger partial charge in [-0.2, -0.15) is 0 Å². The number of rotatable bonds is 8. The Morgan fingerprint density at radius 2 is 2.04 bits per heavy atom. The smallest absolute Gasteiger partial charge is 0.193 e. The molecule has 1 N–H and O–H groups in total. The fourth-order valence-corrected chi connectivity index (χ4v) is 3.52. The van der Waals surface area contributed by atoms with E-state index in [0.717, 1.165) is 63.1 Å². The summed E-state index contributed by atoms with van der Waals surface area (Å²) in [5.41, 5.74) is 1.19. The van der Waals surface area contributed by atoms with Gasteiger partial charge in [-0.05, 0) is 37.0 Å². The summed E-state index contributed by atoms with van der Waals surface area (Å²) in [6.07, 6.45) is 3.37. The molecular weight excluding hydrogens is 362 g/mol. The van der Waals surface area contributed by atoms with Gasteiger partial charge in [0.15, 0.2) is 5.96 Å². The zero-order valence-electron chi connectivity index (χ0n) is 17.1. The van der Waals surface area contributed by atoms with Gasteiger partial charge in [-0.1, -0.05) is 37.6 Å². The van der Waals surface area contributed by atoms with Crippen LogP contribution in [-0.4, -0.2) is 64.0 Å². The Hall–Kier alpha value is -1.30. The summed E-state index contributed by atoms with van der Waals surface area (Å²) in [6.45, 7) is 8.71. The molecule has 152 valence electrons. The quantitative estimate of drug-likeness (QED) is 0.414. The Kier molecular flexibility index (Phi) is 8.87. The molecule has 0 atom stereocenters. The lowest BCUT2D eigenvalue weighted by Crippen LogP contribution is -2.49. The van der Waals surface area contributed by atoms with Gasteiger partial charge in [0.25, 0.3) is 0 Å². The van der Waals surface area contributed by atoms with Gasteiger partial charge in [0.2, 0.25) is 0 Å². The number of benzene rings is 1. The topological polar surface area (TPSA) is 46.1 Å². The number of nitrogens with zero attached hydrogens (tertiary/aromatic N) is 2. The molecule has 5 nitrogen and oxygen atoms in total. The SMILES string of the molecule is CN=C(NCC(C)(C)c1cccc(Cl)c1)N1CCC(OCCCOC)CC1. The zero-order valence-corrected chi connectivity index (χ0v) is 17.9. The molecule has 0 aromatic heterocycles. The Balaban J connectivity index is 1.81.